The predicted molar refractivity (Wildman–Crippen MR) is 77.8 cm³/mol. The molecule has 1 amide bonds. The van der Waals surface area contributed by atoms with Gasteiger partial charge in [0.25, 0.3) is 0 Å². The summed E-state index contributed by atoms with van der Waals surface area (Å²) in [6.45, 7) is 3.43. The molecule has 1 fully saturated rings. The van der Waals surface area contributed by atoms with E-state index in [2.05, 4.69) is 22.9 Å². The largest absolute Gasteiger partial charge is 0.342 e. The number of carbonyl (C=O) groups is 1. The van der Waals surface area contributed by atoms with Crippen molar-refractivity contribution in [3.05, 3.63) is 35.4 Å². The molecule has 2 rings (SSSR count). The van der Waals surface area contributed by atoms with Gasteiger partial charge in [0.05, 0.1) is 6.42 Å². The summed E-state index contributed by atoms with van der Waals surface area (Å²) in [5.41, 5.74) is -0.131. The van der Waals surface area contributed by atoms with Crippen LogP contribution in [-0.2, 0) is 11.2 Å². The van der Waals surface area contributed by atoms with Gasteiger partial charge in [-0.05, 0) is 30.9 Å². The molecule has 0 N–H and O–H groups in total. The number of carbonyl (C=O) groups excluding carboxylic acids is 1. The first-order valence-corrected chi connectivity index (χ1v) is 7.75. The summed E-state index contributed by atoms with van der Waals surface area (Å²) in [4.78, 5) is 14.3. The van der Waals surface area contributed by atoms with E-state index in [0.29, 0.717) is 23.8 Å². The normalized spacial score (nSPS) is 18.1. The van der Waals surface area contributed by atoms with Gasteiger partial charge in [-0.25, -0.2) is 8.78 Å². The summed E-state index contributed by atoms with van der Waals surface area (Å²) >= 11 is 3.56. The van der Waals surface area contributed by atoms with Gasteiger partial charge in [0, 0.05) is 23.5 Å². The van der Waals surface area contributed by atoms with Gasteiger partial charge in [0.1, 0.15) is 11.6 Å². The van der Waals surface area contributed by atoms with Crippen LogP contribution in [0.1, 0.15) is 25.3 Å². The number of alkyl halides is 1. The maximum atomic E-state index is 13.5. The molecule has 1 heterocycles. The lowest BCUT2D eigenvalue weighted by atomic mass is 9.94. The van der Waals surface area contributed by atoms with Crippen molar-refractivity contribution in [2.75, 3.05) is 13.1 Å². The number of rotatable bonds is 3. The lowest BCUT2D eigenvalue weighted by molar-refractivity contribution is -0.131. The van der Waals surface area contributed by atoms with Crippen LogP contribution in [0.2, 0.25) is 0 Å². The molecule has 0 radical (unpaired) electrons. The van der Waals surface area contributed by atoms with E-state index < -0.39 is 11.6 Å². The molecular weight excluding hydrogens is 328 g/mol. The average Bonchev–Trinajstić information content (AvgIpc) is 2.43. The number of halogens is 3. The highest BCUT2D eigenvalue weighted by Crippen LogP contribution is 2.25. The van der Waals surface area contributed by atoms with Crippen LogP contribution < -0.4 is 0 Å². The van der Waals surface area contributed by atoms with E-state index in [1.54, 1.807) is 4.90 Å². The molecule has 20 heavy (non-hydrogen) atoms. The summed E-state index contributed by atoms with van der Waals surface area (Å²) in [5, 5.41) is 0. The van der Waals surface area contributed by atoms with Crippen LogP contribution in [-0.4, -0.2) is 28.7 Å². The summed E-state index contributed by atoms with van der Waals surface area (Å²) in [5.74, 6) is -0.941. The molecule has 1 aromatic rings. The van der Waals surface area contributed by atoms with E-state index in [9.17, 15) is 13.6 Å². The second-order valence-electron chi connectivity index (χ2n) is 5.27. The van der Waals surface area contributed by atoms with Crippen LogP contribution in [0.3, 0.4) is 0 Å². The number of benzene rings is 1. The van der Waals surface area contributed by atoms with Gasteiger partial charge in [0.15, 0.2) is 0 Å². The zero-order valence-corrected chi connectivity index (χ0v) is 13.0. The molecule has 1 atom stereocenters. The summed E-state index contributed by atoms with van der Waals surface area (Å²) in [7, 11) is 0. The van der Waals surface area contributed by atoms with Crippen molar-refractivity contribution in [2.24, 2.45) is 5.92 Å². The third-order valence-electron chi connectivity index (χ3n) is 3.93. The molecule has 1 aromatic carbocycles. The molecule has 2 nitrogen and oxygen atoms in total. The quantitative estimate of drug-likeness (QED) is 0.767. The van der Waals surface area contributed by atoms with Crippen molar-refractivity contribution < 1.29 is 13.6 Å². The van der Waals surface area contributed by atoms with Gasteiger partial charge in [-0.1, -0.05) is 28.9 Å². The Bertz CT molecular complexity index is 465. The standard InChI is InChI=1S/C15H18BrF2NO/c1-10(16)11-5-7-19(8-6-11)15(20)9-12-13(17)3-2-4-14(12)18/h2-4,10-11H,5-9H2,1H3. The third-order valence-corrected chi connectivity index (χ3v) is 4.68. The van der Waals surface area contributed by atoms with Gasteiger partial charge in [0.2, 0.25) is 5.91 Å². The number of nitrogens with zero attached hydrogens (tertiary/aromatic N) is 1. The van der Waals surface area contributed by atoms with Crippen LogP contribution in [0.25, 0.3) is 0 Å². The smallest absolute Gasteiger partial charge is 0.227 e. The summed E-state index contributed by atoms with van der Waals surface area (Å²) in [6, 6.07) is 3.68. The Morgan fingerprint density at radius 1 is 1.35 bits per heavy atom. The first kappa shape index (κ1) is 15.4. The fourth-order valence-corrected chi connectivity index (χ4v) is 3.10. The number of likely N-dealkylation sites (tertiary alicyclic amines) is 1. The second-order valence-corrected chi connectivity index (χ2v) is 6.72. The van der Waals surface area contributed by atoms with Crippen molar-refractivity contribution in [3.63, 3.8) is 0 Å². The van der Waals surface area contributed by atoms with Crippen molar-refractivity contribution in [2.45, 2.75) is 31.0 Å². The zero-order chi connectivity index (χ0) is 14.7. The first-order valence-electron chi connectivity index (χ1n) is 6.83. The lowest BCUT2D eigenvalue weighted by Gasteiger charge is -2.33. The summed E-state index contributed by atoms with van der Waals surface area (Å²) < 4.78 is 27.1. The molecule has 1 unspecified atom stereocenters. The van der Waals surface area contributed by atoms with Crippen molar-refractivity contribution in [3.8, 4) is 0 Å². The van der Waals surface area contributed by atoms with Gasteiger partial charge in [-0.2, -0.15) is 0 Å². The van der Waals surface area contributed by atoms with E-state index in [1.807, 2.05) is 0 Å². The second kappa shape index (κ2) is 6.66. The molecule has 0 aromatic heterocycles. The summed E-state index contributed by atoms with van der Waals surface area (Å²) in [6.07, 6.45) is 1.66. The predicted octanol–water partition coefficient (Wildman–Crippen LogP) is 3.53. The van der Waals surface area contributed by atoms with Gasteiger partial charge < -0.3 is 4.90 Å². The highest BCUT2D eigenvalue weighted by atomic mass is 79.9. The minimum absolute atomic E-state index is 0.131. The average molecular weight is 346 g/mol. The van der Waals surface area contributed by atoms with Gasteiger partial charge >= 0.3 is 0 Å². The highest BCUT2D eigenvalue weighted by Gasteiger charge is 2.26. The Hall–Kier alpha value is -0.970. The Morgan fingerprint density at radius 2 is 1.90 bits per heavy atom. The van der Waals surface area contributed by atoms with E-state index in [4.69, 9.17) is 0 Å². The Balaban J connectivity index is 1.96. The van der Waals surface area contributed by atoms with E-state index in [1.165, 1.54) is 18.2 Å². The third kappa shape index (κ3) is 3.57. The molecule has 110 valence electrons. The maximum Gasteiger partial charge on any atom is 0.227 e. The molecule has 0 aliphatic carbocycles. The maximum absolute atomic E-state index is 13.5. The fourth-order valence-electron chi connectivity index (χ4n) is 2.57. The van der Waals surface area contributed by atoms with Crippen LogP contribution in [0.4, 0.5) is 8.78 Å². The first-order chi connectivity index (χ1) is 9.49. The molecule has 5 heteroatoms. The number of piperidine rings is 1. The number of amides is 1. The van der Waals surface area contributed by atoms with Gasteiger partial charge in [-0.15, -0.1) is 0 Å². The van der Waals surface area contributed by atoms with E-state index >= 15 is 0 Å². The molecule has 0 saturated carbocycles. The number of hydrogen-bond acceptors (Lipinski definition) is 1. The fraction of sp³-hybridized carbons (Fsp3) is 0.533. The van der Waals surface area contributed by atoms with Crippen LogP contribution in [0, 0.1) is 17.6 Å². The Labute approximate surface area is 126 Å². The van der Waals surface area contributed by atoms with Crippen LogP contribution >= 0.6 is 15.9 Å². The minimum Gasteiger partial charge on any atom is -0.342 e. The molecule has 0 spiro atoms. The Kier molecular flexibility index (Phi) is 5.13. The van der Waals surface area contributed by atoms with Crippen LogP contribution in [0.5, 0.6) is 0 Å². The molecule has 1 aliphatic rings. The molecule has 1 saturated heterocycles. The Morgan fingerprint density at radius 3 is 2.40 bits per heavy atom. The van der Waals surface area contributed by atoms with E-state index in [-0.39, 0.29) is 17.9 Å². The lowest BCUT2D eigenvalue weighted by Crippen LogP contribution is -2.40. The SMILES string of the molecule is CC(Br)C1CCN(C(=O)Cc2c(F)cccc2F)CC1. The number of hydrogen-bond donors (Lipinski definition) is 0. The molecular formula is C15H18BrF2NO. The monoisotopic (exact) mass is 345 g/mol. The minimum atomic E-state index is -0.651. The topological polar surface area (TPSA) is 20.3 Å². The van der Waals surface area contributed by atoms with Crippen molar-refractivity contribution >= 4 is 21.8 Å². The highest BCUT2D eigenvalue weighted by molar-refractivity contribution is 9.09. The van der Waals surface area contributed by atoms with Crippen molar-refractivity contribution in [1.29, 1.82) is 0 Å². The van der Waals surface area contributed by atoms with Crippen molar-refractivity contribution in [1.82, 2.24) is 4.90 Å². The van der Waals surface area contributed by atoms with E-state index in [0.717, 1.165) is 12.8 Å². The zero-order valence-electron chi connectivity index (χ0n) is 11.4. The molecule has 1 aliphatic heterocycles. The molecule has 0 bridgehead atoms. The van der Waals surface area contributed by atoms with Gasteiger partial charge in [-0.3, -0.25) is 4.79 Å². The van der Waals surface area contributed by atoms with Crippen LogP contribution in [0.15, 0.2) is 18.2 Å².